The van der Waals surface area contributed by atoms with Crippen molar-refractivity contribution in [2.24, 2.45) is 0 Å². The molecule has 0 unspecified atom stereocenters. The lowest BCUT2D eigenvalue weighted by molar-refractivity contribution is -0.117. The Labute approximate surface area is 101 Å². The fraction of sp³-hybridized carbons (Fsp3) is 0.214. The van der Waals surface area contributed by atoms with Gasteiger partial charge < -0.3 is 10.1 Å². The van der Waals surface area contributed by atoms with Gasteiger partial charge in [0.15, 0.2) is 0 Å². The van der Waals surface area contributed by atoms with Crippen molar-refractivity contribution in [1.29, 1.82) is 0 Å². The molecule has 0 bridgehead atoms. The second-order valence-corrected chi connectivity index (χ2v) is 3.79. The van der Waals surface area contributed by atoms with Crippen molar-refractivity contribution in [3.05, 3.63) is 59.9 Å². The number of carbonyl (C=O) groups excluding carboxylic acids is 1. The highest BCUT2D eigenvalue weighted by Crippen LogP contribution is 2.04. The van der Waals surface area contributed by atoms with Crippen LogP contribution in [0.2, 0.25) is 0 Å². The molecule has 0 spiro atoms. The minimum atomic E-state index is -0.0412. The van der Waals surface area contributed by atoms with Gasteiger partial charge in [-0.15, -0.1) is 0 Å². The first kappa shape index (κ1) is 11.5. The zero-order chi connectivity index (χ0) is 11.9. The maximum absolute atomic E-state index is 11.7. The molecule has 1 N–H and O–H groups in total. The molecule has 0 atom stereocenters. The standard InChI is InChI=1S/C14H15NO2/c16-14(13-7-10-17-11-8-13)15-9-6-12-4-2-1-3-5-12/h1-5,7-8,10H,6,9,11H2,(H,15,16). The van der Waals surface area contributed by atoms with Gasteiger partial charge in [-0.2, -0.15) is 0 Å². The molecule has 0 radical (unpaired) electrons. The highest BCUT2D eigenvalue weighted by atomic mass is 16.5. The lowest BCUT2D eigenvalue weighted by Gasteiger charge is -2.09. The Morgan fingerprint density at radius 1 is 1.29 bits per heavy atom. The molecule has 0 aliphatic carbocycles. The first-order chi connectivity index (χ1) is 8.36. The maximum atomic E-state index is 11.7. The van der Waals surface area contributed by atoms with E-state index in [2.05, 4.69) is 17.4 Å². The van der Waals surface area contributed by atoms with Crippen LogP contribution >= 0.6 is 0 Å². The number of carbonyl (C=O) groups is 1. The van der Waals surface area contributed by atoms with Crippen LogP contribution in [0.1, 0.15) is 5.56 Å². The van der Waals surface area contributed by atoms with Crippen LogP contribution in [0.25, 0.3) is 0 Å². The summed E-state index contributed by atoms with van der Waals surface area (Å²) in [6.07, 6.45) is 5.85. The summed E-state index contributed by atoms with van der Waals surface area (Å²) >= 11 is 0. The minimum absolute atomic E-state index is 0.0412. The van der Waals surface area contributed by atoms with Crippen LogP contribution < -0.4 is 5.32 Å². The summed E-state index contributed by atoms with van der Waals surface area (Å²) in [7, 11) is 0. The summed E-state index contributed by atoms with van der Waals surface area (Å²) in [4.78, 5) is 11.7. The van der Waals surface area contributed by atoms with E-state index in [1.54, 1.807) is 18.4 Å². The van der Waals surface area contributed by atoms with Gasteiger partial charge in [0.1, 0.15) is 6.61 Å². The zero-order valence-corrected chi connectivity index (χ0v) is 9.56. The molecular formula is C14H15NO2. The van der Waals surface area contributed by atoms with Crippen LogP contribution in [0, 0.1) is 0 Å². The monoisotopic (exact) mass is 229 g/mol. The van der Waals surface area contributed by atoms with E-state index >= 15 is 0 Å². The van der Waals surface area contributed by atoms with Gasteiger partial charge in [-0.05, 0) is 24.1 Å². The van der Waals surface area contributed by atoms with E-state index in [9.17, 15) is 4.79 Å². The van der Waals surface area contributed by atoms with Crippen LogP contribution in [0.4, 0.5) is 0 Å². The molecule has 1 aliphatic heterocycles. The predicted molar refractivity (Wildman–Crippen MR) is 66.3 cm³/mol. The summed E-state index contributed by atoms with van der Waals surface area (Å²) in [6, 6.07) is 10.1. The molecule has 3 heteroatoms. The van der Waals surface area contributed by atoms with Crippen molar-refractivity contribution in [2.75, 3.05) is 13.2 Å². The number of rotatable bonds is 4. The maximum Gasteiger partial charge on any atom is 0.251 e. The number of nitrogens with one attached hydrogen (secondary N) is 1. The largest absolute Gasteiger partial charge is 0.497 e. The normalized spacial score (nSPS) is 13.8. The smallest absolute Gasteiger partial charge is 0.251 e. The Morgan fingerprint density at radius 2 is 2.12 bits per heavy atom. The third-order valence-electron chi connectivity index (χ3n) is 2.55. The van der Waals surface area contributed by atoms with Crippen LogP contribution in [-0.2, 0) is 16.0 Å². The Bertz CT molecular complexity index is 435. The van der Waals surface area contributed by atoms with E-state index < -0.39 is 0 Å². The van der Waals surface area contributed by atoms with Gasteiger partial charge in [-0.3, -0.25) is 4.79 Å². The molecule has 0 aromatic heterocycles. The van der Waals surface area contributed by atoms with Gasteiger partial charge in [-0.25, -0.2) is 0 Å². The zero-order valence-electron chi connectivity index (χ0n) is 9.56. The topological polar surface area (TPSA) is 38.3 Å². The molecule has 1 heterocycles. The lowest BCUT2D eigenvalue weighted by atomic mass is 10.1. The summed E-state index contributed by atoms with van der Waals surface area (Å²) in [5, 5.41) is 2.89. The van der Waals surface area contributed by atoms with Crippen LogP contribution in [0.5, 0.6) is 0 Å². The number of amides is 1. The molecule has 1 aromatic rings. The quantitative estimate of drug-likeness (QED) is 0.855. The molecule has 88 valence electrons. The second-order valence-electron chi connectivity index (χ2n) is 3.79. The van der Waals surface area contributed by atoms with Gasteiger partial charge in [0.25, 0.3) is 5.91 Å². The van der Waals surface area contributed by atoms with Crippen molar-refractivity contribution >= 4 is 5.91 Å². The first-order valence-electron chi connectivity index (χ1n) is 5.67. The molecule has 0 saturated heterocycles. The summed E-state index contributed by atoms with van der Waals surface area (Å²) in [5.74, 6) is -0.0412. The van der Waals surface area contributed by atoms with E-state index in [1.807, 2.05) is 18.2 Å². The summed E-state index contributed by atoms with van der Waals surface area (Å²) in [5.41, 5.74) is 1.90. The van der Waals surface area contributed by atoms with Crippen LogP contribution in [0.15, 0.2) is 54.3 Å². The Hall–Kier alpha value is -2.03. The van der Waals surface area contributed by atoms with E-state index in [0.717, 1.165) is 6.42 Å². The number of benzene rings is 1. The average Bonchev–Trinajstić information content (AvgIpc) is 2.41. The van der Waals surface area contributed by atoms with Crippen molar-refractivity contribution in [3.8, 4) is 0 Å². The number of hydrogen-bond acceptors (Lipinski definition) is 2. The molecular weight excluding hydrogens is 214 g/mol. The van der Waals surface area contributed by atoms with Gasteiger partial charge in [0.05, 0.1) is 6.26 Å². The fourth-order valence-electron chi connectivity index (χ4n) is 1.62. The molecule has 3 nitrogen and oxygen atoms in total. The molecule has 2 rings (SSSR count). The van der Waals surface area contributed by atoms with Gasteiger partial charge in [0.2, 0.25) is 0 Å². The molecule has 17 heavy (non-hydrogen) atoms. The summed E-state index contributed by atoms with van der Waals surface area (Å²) < 4.78 is 4.99. The third-order valence-corrected chi connectivity index (χ3v) is 2.55. The molecule has 1 amide bonds. The van der Waals surface area contributed by atoms with Crippen molar-refractivity contribution in [2.45, 2.75) is 6.42 Å². The second kappa shape index (κ2) is 5.89. The summed E-state index contributed by atoms with van der Waals surface area (Å²) in [6.45, 7) is 1.12. The predicted octanol–water partition coefficient (Wildman–Crippen LogP) is 1.82. The Balaban J connectivity index is 1.77. The Kier molecular flexibility index (Phi) is 3.97. The molecule has 1 aromatic carbocycles. The van der Waals surface area contributed by atoms with Gasteiger partial charge in [0, 0.05) is 12.1 Å². The molecule has 0 saturated carbocycles. The van der Waals surface area contributed by atoms with Gasteiger partial charge >= 0.3 is 0 Å². The van der Waals surface area contributed by atoms with E-state index in [0.29, 0.717) is 18.7 Å². The van der Waals surface area contributed by atoms with E-state index in [4.69, 9.17) is 4.74 Å². The minimum Gasteiger partial charge on any atom is -0.497 e. The van der Waals surface area contributed by atoms with Crippen molar-refractivity contribution in [1.82, 2.24) is 5.32 Å². The number of ether oxygens (including phenoxy) is 1. The third kappa shape index (κ3) is 3.48. The van der Waals surface area contributed by atoms with Crippen molar-refractivity contribution in [3.63, 3.8) is 0 Å². The van der Waals surface area contributed by atoms with Crippen molar-refractivity contribution < 1.29 is 9.53 Å². The average molecular weight is 229 g/mol. The lowest BCUT2D eigenvalue weighted by Crippen LogP contribution is -2.27. The van der Waals surface area contributed by atoms with Crippen LogP contribution in [0.3, 0.4) is 0 Å². The highest BCUT2D eigenvalue weighted by molar-refractivity contribution is 5.96. The Morgan fingerprint density at radius 3 is 2.82 bits per heavy atom. The highest BCUT2D eigenvalue weighted by Gasteiger charge is 2.07. The van der Waals surface area contributed by atoms with Crippen LogP contribution in [-0.4, -0.2) is 19.1 Å². The molecule has 1 aliphatic rings. The van der Waals surface area contributed by atoms with E-state index in [1.165, 1.54) is 5.56 Å². The fourth-order valence-corrected chi connectivity index (χ4v) is 1.62. The first-order valence-corrected chi connectivity index (χ1v) is 5.67. The number of hydrogen-bond donors (Lipinski definition) is 1. The SMILES string of the molecule is O=C(NCCc1ccccc1)C1=CCOC=C1. The van der Waals surface area contributed by atoms with Gasteiger partial charge in [-0.1, -0.05) is 30.3 Å². The van der Waals surface area contributed by atoms with E-state index in [-0.39, 0.29) is 5.91 Å². The molecule has 0 fully saturated rings.